The second kappa shape index (κ2) is 6.08. The first-order valence-electron chi connectivity index (χ1n) is 9.35. The van der Waals surface area contributed by atoms with Gasteiger partial charge in [-0.05, 0) is 30.3 Å². The maximum atomic E-state index is 4.93. The Labute approximate surface area is 167 Å². The molecular formula is C24H17N3S. The highest BCUT2D eigenvalue weighted by atomic mass is 32.1. The van der Waals surface area contributed by atoms with E-state index < -0.39 is 0 Å². The zero-order chi connectivity index (χ0) is 18.5. The number of fused-ring (bicyclic) bond motifs is 5. The van der Waals surface area contributed by atoms with Crippen molar-refractivity contribution in [3.63, 3.8) is 0 Å². The second-order valence-electron chi connectivity index (χ2n) is 6.94. The fraction of sp³-hybridized carbons (Fsp3) is 0.0417. The molecule has 0 saturated carbocycles. The van der Waals surface area contributed by atoms with Gasteiger partial charge in [0.05, 0.1) is 4.70 Å². The Balaban J connectivity index is 1.65. The van der Waals surface area contributed by atoms with Crippen LogP contribution in [0.25, 0.3) is 20.2 Å². The molecule has 3 heterocycles. The third kappa shape index (κ3) is 2.25. The van der Waals surface area contributed by atoms with E-state index >= 15 is 0 Å². The van der Waals surface area contributed by atoms with E-state index in [0.717, 1.165) is 18.2 Å². The summed E-state index contributed by atoms with van der Waals surface area (Å²) in [5.41, 5.74) is 3.55. The molecule has 0 spiro atoms. The van der Waals surface area contributed by atoms with E-state index in [-0.39, 0.29) is 0 Å². The lowest BCUT2D eigenvalue weighted by Gasteiger charge is -2.21. The zero-order valence-corrected chi connectivity index (χ0v) is 15.9. The predicted molar refractivity (Wildman–Crippen MR) is 119 cm³/mol. The van der Waals surface area contributed by atoms with Crippen LogP contribution in [0.15, 0.2) is 91.1 Å². The maximum absolute atomic E-state index is 4.93. The molecule has 0 radical (unpaired) electrons. The molecule has 134 valence electrons. The van der Waals surface area contributed by atoms with Crippen LogP contribution < -0.4 is 9.80 Å². The van der Waals surface area contributed by atoms with Gasteiger partial charge >= 0.3 is 0 Å². The molecule has 28 heavy (non-hydrogen) atoms. The Morgan fingerprint density at radius 1 is 0.679 bits per heavy atom. The van der Waals surface area contributed by atoms with Gasteiger partial charge in [-0.3, -0.25) is 0 Å². The molecule has 6 rings (SSSR count). The van der Waals surface area contributed by atoms with Crippen molar-refractivity contribution < 1.29 is 0 Å². The Hall–Kier alpha value is -3.37. The van der Waals surface area contributed by atoms with Gasteiger partial charge in [0.15, 0.2) is 5.82 Å². The van der Waals surface area contributed by atoms with Gasteiger partial charge in [-0.25, -0.2) is 4.98 Å². The van der Waals surface area contributed by atoms with Gasteiger partial charge in [-0.2, -0.15) is 0 Å². The monoisotopic (exact) mass is 379 g/mol. The molecule has 0 atom stereocenters. The summed E-state index contributed by atoms with van der Waals surface area (Å²) in [5.74, 6) is 1.02. The Bertz CT molecular complexity index is 1300. The average Bonchev–Trinajstić information content (AvgIpc) is 3.34. The molecule has 4 heteroatoms. The summed E-state index contributed by atoms with van der Waals surface area (Å²) in [6.45, 7) is 0.754. The van der Waals surface area contributed by atoms with Gasteiger partial charge in [0, 0.05) is 33.0 Å². The lowest BCUT2D eigenvalue weighted by Crippen LogP contribution is -2.24. The smallest absolute Gasteiger partial charge is 0.160 e. The van der Waals surface area contributed by atoms with E-state index in [4.69, 9.17) is 4.98 Å². The first kappa shape index (κ1) is 15.7. The molecule has 0 saturated heterocycles. The highest BCUT2D eigenvalue weighted by Crippen LogP contribution is 2.50. The summed E-state index contributed by atoms with van der Waals surface area (Å²) in [7, 11) is 0. The molecule has 3 aromatic carbocycles. The lowest BCUT2D eigenvalue weighted by atomic mass is 10.2. The van der Waals surface area contributed by atoms with E-state index in [1.807, 2.05) is 17.5 Å². The van der Waals surface area contributed by atoms with Crippen molar-refractivity contribution in [2.75, 3.05) is 16.5 Å². The zero-order valence-electron chi connectivity index (χ0n) is 15.1. The topological polar surface area (TPSA) is 19.4 Å². The Morgan fingerprint density at radius 3 is 2.07 bits per heavy atom. The number of rotatable bonds is 2. The van der Waals surface area contributed by atoms with E-state index in [0.29, 0.717) is 0 Å². The number of anilines is 4. The summed E-state index contributed by atoms with van der Waals surface area (Å²) in [4.78, 5) is 9.61. The Kier molecular flexibility index (Phi) is 3.40. The SMILES string of the molecule is c1ccc(N2CN(c3ccccc3)c3c2ncc2c3sc3ccccc32)cc1. The molecule has 0 aliphatic carbocycles. The number of hydrogen-bond donors (Lipinski definition) is 0. The minimum atomic E-state index is 0.754. The van der Waals surface area contributed by atoms with Gasteiger partial charge < -0.3 is 9.80 Å². The highest BCUT2D eigenvalue weighted by molar-refractivity contribution is 7.26. The Morgan fingerprint density at radius 2 is 1.32 bits per heavy atom. The van der Waals surface area contributed by atoms with Crippen molar-refractivity contribution in [2.24, 2.45) is 0 Å². The molecule has 0 fully saturated rings. The molecular weight excluding hydrogens is 362 g/mol. The molecule has 0 unspecified atom stereocenters. The summed E-state index contributed by atoms with van der Waals surface area (Å²) < 4.78 is 2.60. The number of hydrogen-bond acceptors (Lipinski definition) is 4. The van der Waals surface area contributed by atoms with Crippen molar-refractivity contribution in [2.45, 2.75) is 0 Å². The molecule has 1 aliphatic heterocycles. The number of benzene rings is 3. The molecule has 5 aromatic rings. The molecule has 0 bridgehead atoms. The summed E-state index contributed by atoms with van der Waals surface area (Å²) >= 11 is 1.85. The van der Waals surface area contributed by atoms with Crippen LogP contribution in [-0.2, 0) is 0 Å². The normalized spacial score (nSPS) is 13.4. The van der Waals surface area contributed by atoms with Crippen LogP contribution >= 0.6 is 11.3 Å². The van der Waals surface area contributed by atoms with Crippen LogP contribution in [0.1, 0.15) is 0 Å². The first-order chi connectivity index (χ1) is 13.9. The quantitative estimate of drug-likeness (QED) is 0.340. The molecule has 1 aliphatic rings. The van der Waals surface area contributed by atoms with Crippen LogP contribution in [0.3, 0.4) is 0 Å². The van der Waals surface area contributed by atoms with Crippen LogP contribution in [0.5, 0.6) is 0 Å². The van der Waals surface area contributed by atoms with Crippen molar-refractivity contribution in [3.8, 4) is 0 Å². The summed E-state index contributed by atoms with van der Waals surface area (Å²) in [5, 5.41) is 2.51. The van der Waals surface area contributed by atoms with Crippen LogP contribution in [0, 0.1) is 0 Å². The standard InChI is InChI=1S/C24H17N3S/c1-3-9-17(10-4-1)26-16-27(18-11-5-2-6-12-18)24-22(26)23-20(15-25-24)19-13-7-8-14-21(19)28-23/h1-15H,16H2. The van der Waals surface area contributed by atoms with E-state index in [1.54, 1.807) is 0 Å². The number of para-hydroxylation sites is 2. The largest absolute Gasteiger partial charge is 0.318 e. The second-order valence-corrected chi connectivity index (χ2v) is 7.99. The predicted octanol–water partition coefficient (Wildman–Crippen LogP) is 6.70. The molecule has 0 amide bonds. The molecule has 3 nitrogen and oxygen atoms in total. The third-order valence-corrected chi connectivity index (χ3v) is 6.51. The van der Waals surface area contributed by atoms with Gasteiger partial charge in [0.1, 0.15) is 12.4 Å². The van der Waals surface area contributed by atoms with Crippen molar-refractivity contribution in [3.05, 3.63) is 91.1 Å². The van der Waals surface area contributed by atoms with Gasteiger partial charge in [0.2, 0.25) is 0 Å². The maximum Gasteiger partial charge on any atom is 0.160 e. The first-order valence-corrected chi connectivity index (χ1v) is 10.2. The van der Waals surface area contributed by atoms with Crippen molar-refractivity contribution >= 4 is 54.4 Å². The fourth-order valence-electron chi connectivity index (χ4n) is 4.01. The van der Waals surface area contributed by atoms with E-state index in [9.17, 15) is 0 Å². The minimum Gasteiger partial charge on any atom is -0.318 e. The lowest BCUT2D eigenvalue weighted by molar-refractivity contribution is 0.982. The van der Waals surface area contributed by atoms with Crippen LogP contribution in [0.4, 0.5) is 22.9 Å². The van der Waals surface area contributed by atoms with E-state index in [1.165, 1.54) is 31.5 Å². The number of aromatic nitrogens is 1. The number of pyridine rings is 1. The van der Waals surface area contributed by atoms with Gasteiger partial charge in [-0.1, -0.05) is 54.6 Å². The molecule has 0 N–H and O–H groups in total. The number of nitrogens with zero attached hydrogens (tertiary/aromatic N) is 3. The minimum absolute atomic E-state index is 0.754. The van der Waals surface area contributed by atoms with Gasteiger partial charge in [-0.15, -0.1) is 11.3 Å². The average molecular weight is 379 g/mol. The van der Waals surface area contributed by atoms with Gasteiger partial charge in [0.25, 0.3) is 0 Å². The fourth-order valence-corrected chi connectivity index (χ4v) is 5.23. The number of thiophene rings is 1. The summed E-state index contributed by atoms with van der Waals surface area (Å²) in [6.07, 6.45) is 2.04. The molecule has 2 aromatic heterocycles. The van der Waals surface area contributed by atoms with Crippen LogP contribution in [0.2, 0.25) is 0 Å². The van der Waals surface area contributed by atoms with Crippen molar-refractivity contribution in [1.29, 1.82) is 0 Å². The highest BCUT2D eigenvalue weighted by Gasteiger charge is 2.32. The van der Waals surface area contributed by atoms with Crippen LogP contribution in [-0.4, -0.2) is 11.7 Å². The van der Waals surface area contributed by atoms with E-state index in [2.05, 4.69) is 94.7 Å². The van der Waals surface area contributed by atoms with Crippen molar-refractivity contribution in [1.82, 2.24) is 4.98 Å². The third-order valence-electron chi connectivity index (χ3n) is 5.32. The summed E-state index contributed by atoms with van der Waals surface area (Å²) in [6, 6.07) is 29.7.